The summed E-state index contributed by atoms with van der Waals surface area (Å²) in [6.07, 6.45) is 0.388. The third kappa shape index (κ3) is 2.18. The second-order valence-corrected chi connectivity index (χ2v) is 4.92. The fraction of sp³-hybridized carbons (Fsp3) is 0.188. The summed E-state index contributed by atoms with van der Waals surface area (Å²) < 4.78 is 14.0. The summed E-state index contributed by atoms with van der Waals surface area (Å²) in [6, 6.07) is 12.6. The number of benzene rings is 2. The van der Waals surface area contributed by atoms with Crippen molar-refractivity contribution in [2.24, 2.45) is 5.73 Å². The van der Waals surface area contributed by atoms with Crippen LogP contribution in [0.5, 0.6) is 0 Å². The second-order valence-electron chi connectivity index (χ2n) is 4.92. The summed E-state index contributed by atoms with van der Waals surface area (Å²) in [6.45, 7) is 0.565. The van der Waals surface area contributed by atoms with Gasteiger partial charge in [-0.25, -0.2) is 4.39 Å². The molecule has 4 heteroatoms. The van der Waals surface area contributed by atoms with E-state index >= 15 is 0 Å². The Labute approximate surface area is 116 Å². The van der Waals surface area contributed by atoms with Crippen molar-refractivity contribution in [1.29, 1.82) is 0 Å². The van der Waals surface area contributed by atoms with Gasteiger partial charge in [-0.05, 0) is 23.3 Å². The predicted molar refractivity (Wildman–Crippen MR) is 75.6 cm³/mol. The molecule has 20 heavy (non-hydrogen) atoms. The zero-order chi connectivity index (χ0) is 14.1. The molecular formula is C16H15FN2O. The highest BCUT2D eigenvalue weighted by molar-refractivity contribution is 6.01. The van der Waals surface area contributed by atoms with Crippen LogP contribution in [0.3, 0.4) is 0 Å². The summed E-state index contributed by atoms with van der Waals surface area (Å²) in [5.74, 6) is -0.307. The molecule has 0 fully saturated rings. The minimum atomic E-state index is -0.315. The first-order valence-electron chi connectivity index (χ1n) is 6.54. The van der Waals surface area contributed by atoms with E-state index in [-0.39, 0.29) is 18.3 Å². The first-order chi connectivity index (χ1) is 9.69. The fourth-order valence-corrected chi connectivity index (χ4v) is 2.51. The third-order valence-corrected chi connectivity index (χ3v) is 3.61. The molecule has 3 rings (SSSR count). The molecule has 0 saturated carbocycles. The van der Waals surface area contributed by atoms with Crippen LogP contribution >= 0.6 is 0 Å². The molecule has 0 bridgehead atoms. The molecule has 1 aliphatic rings. The van der Waals surface area contributed by atoms with Gasteiger partial charge in [-0.2, -0.15) is 0 Å². The van der Waals surface area contributed by atoms with Crippen LogP contribution < -0.4 is 10.6 Å². The highest BCUT2D eigenvalue weighted by Crippen LogP contribution is 2.30. The molecule has 2 aromatic rings. The van der Waals surface area contributed by atoms with Gasteiger partial charge in [-0.1, -0.05) is 30.3 Å². The van der Waals surface area contributed by atoms with Gasteiger partial charge in [0.2, 0.25) is 5.91 Å². The first-order valence-corrected chi connectivity index (χ1v) is 6.54. The van der Waals surface area contributed by atoms with Crippen LogP contribution in [0.15, 0.2) is 42.5 Å². The molecule has 0 atom stereocenters. The Bertz CT molecular complexity index is 669. The molecule has 0 spiro atoms. The zero-order valence-corrected chi connectivity index (χ0v) is 11.0. The van der Waals surface area contributed by atoms with Crippen LogP contribution in [0.1, 0.15) is 16.7 Å². The van der Waals surface area contributed by atoms with Gasteiger partial charge in [0, 0.05) is 17.8 Å². The van der Waals surface area contributed by atoms with Gasteiger partial charge < -0.3 is 10.6 Å². The normalized spacial score (nSPS) is 13.7. The fourth-order valence-electron chi connectivity index (χ4n) is 2.51. The van der Waals surface area contributed by atoms with Gasteiger partial charge >= 0.3 is 0 Å². The topological polar surface area (TPSA) is 46.3 Å². The standard InChI is InChI=1S/C16H15FN2O/c17-14-7-11(9-18)5-6-13(14)10-19-15-4-2-1-3-12(15)8-16(19)20/h1-7H,8-10,18H2. The van der Waals surface area contributed by atoms with Crippen molar-refractivity contribution in [3.05, 3.63) is 65.0 Å². The maximum atomic E-state index is 14.0. The Morgan fingerprint density at radius 1 is 1.20 bits per heavy atom. The van der Waals surface area contributed by atoms with Gasteiger partial charge in [-0.15, -0.1) is 0 Å². The van der Waals surface area contributed by atoms with E-state index in [2.05, 4.69) is 0 Å². The number of hydrogen-bond acceptors (Lipinski definition) is 2. The number of anilines is 1. The Kier molecular flexibility index (Phi) is 3.24. The van der Waals surface area contributed by atoms with Crippen LogP contribution in [-0.2, 0) is 24.3 Å². The number of amides is 1. The number of carbonyl (C=O) groups excluding carboxylic acids is 1. The van der Waals surface area contributed by atoms with Crippen molar-refractivity contribution in [2.45, 2.75) is 19.5 Å². The van der Waals surface area contributed by atoms with E-state index in [1.54, 1.807) is 17.0 Å². The number of nitrogens with two attached hydrogens (primary N) is 1. The summed E-state index contributed by atoms with van der Waals surface area (Å²) in [4.78, 5) is 13.7. The molecule has 1 amide bonds. The molecule has 2 aromatic carbocycles. The van der Waals surface area contributed by atoms with E-state index in [0.29, 0.717) is 18.5 Å². The number of fused-ring (bicyclic) bond motifs is 1. The third-order valence-electron chi connectivity index (χ3n) is 3.61. The molecule has 2 N–H and O–H groups in total. The van der Waals surface area contributed by atoms with E-state index in [9.17, 15) is 9.18 Å². The van der Waals surface area contributed by atoms with E-state index in [1.807, 2.05) is 24.3 Å². The average Bonchev–Trinajstić information content (AvgIpc) is 2.77. The highest BCUT2D eigenvalue weighted by Gasteiger charge is 2.27. The Balaban J connectivity index is 1.90. The number of nitrogens with zero attached hydrogens (tertiary/aromatic N) is 1. The number of carbonyl (C=O) groups is 1. The van der Waals surface area contributed by atoms with Crippen molar-refractivity contribution in [2.75, 3.05) is 4.90 Å². The maximum absolute atomic E-state index is 14.0. The van der Waals surface area contributed by atoms with Crippen LogP contribution in [0.25, 0.3) is 0 Å². The minimum Gasteiger partial charge on any atom is -0.326 e. The molecule has 1 aliphatic heterocycles. The van der Waals surface area contributed by atoms with Crippen LogP contribution in [0, 0.1) is 5.82 Å². The molecule has 0 saturated heterocycles. The van der Waals surface area contributed by atoms with E-state index in [1.165, 1.54) is 6.07 Å². The Morgan fingerprint density at radius 2 is 2.00 bits per heavy atom. The van der Waals surface area contributed by atoms with Crippen molar-refractivity contribution in [3.63, 3.8) is 0 Å². The summed E-state index contributed by atoms with van der Waals surface area (Å²) >= 11 is 0. The van der Waals surface area contributed by atoms with Crippen LogP contribution in [0.4, 0.5) is 10.1 Å². The zero-order valence-electron chi connectivity index (χ0n) is 11.0. The molecule has 0 aromatic heterocycles. The van der Waals surface area contributed by atoms with Gasteiger partial charge in [0.1, 0.15) is 5.82 Å². The van der Waals surface area contributed by atoms with Gasteiger partial charge in [0.25, 0.3) is 0 Å². The van der Waals surface area contributed by atoms with E-state index < -0.39 is 0 Å². The lowest BCUT2D eigenvalue weighted by Crippen LogP contribution is -2.26. The van der Waals surface area contributed by atoms with E-state index in [0.717, 1.165) is 16.8 Å². The minimum absolute atomic E-state index is 0.00787. The van der Waals surface area contributed by atoms with Gasteiger partial charge in [-0.3, -0.25) is 4.79 Å². The quantitative estimate of drug-likeness (QED) is 0.930. The monoisotopic (exact) mass is 270 g/mol. The summed E-state index contributed by atoms with van der Waals surface area (Å²) in [5, 5.41) is 0. The Morgan fingerprint density at radius 3 is 2.75 bits per heavy atom. The van der Waals surface area contributed by atoms with Gasteiger partial charge in [0.05, 0.1) is 13.0 Å². The largest absolute Gasteiger partial charge is 0.326 e. The van der Waals surface area contributed by atoms with Crippen molar-refractivity contribution >= 4 is 11.6 Å². The molecule has 3 nitrogen and oxygen atoms in total. The van der Waals surface area contributed by atoms with Crippen LogP contribution in [0.2, 0.25) is 0 Å². The SMILES string of the molecule is NCc1ccc(CN2C(=O)Cc3ccccc32)c(F)c1. The molecule has 0 radical (unpaired) electrons. The molecular weight excluding hydrogens is 255 g/mol. The average molecular weight is 270 g/mol. The lowest BCUT2D eigenvalue weighted by Gasteiger charge is -2.18. The van der Waals surface area contributed by atoms with Crippen molar-refractivity contribution in [1.82, 2.24) is 0 Å². The summed E-state index contributed by atoms with van der Waals surface area (Å²) in [7, 11) is 0. The molecule has 1 heterocycles. The lowest BCUT2D eigenvalue weighted by atomic mass is 10.1. The number of halogens is 1. The van der Waals surface area contributed by atoms with Crippen molar-refractivity contribution < 1.29 is 9.18 Å². The molecule has 102 valence electrons. The molecule has 0 unspecified atom stereocenters. The lowest BCUT2D eigenvalue weighted by molar-refractivity contribution is -0.117. The molecule has 0 aliphatic carbocycles. The highest BCUT2D eigenvalue weighted by atomic mass is 19.1. The number of hydrogen-bond donors (Lipinski definition) is 1. The Hall–Kier alpha value is -2.20. The maximum Gasteiger partial charge on any atom is 0.231 e. The number of rotatable bonds is 3. The van der Waals surface area contributed by atoms with E-state index in [4.69, 9.17) is 5.73 Å². The van der Waals surface area contributed by atoms with Gasteiger partial charge in [0.15, 0.2) is 0 Å². The number of para-hydroxylation sites is 1. The predicted octanol–water partition coefficient (Wildman–Crippen LogP) is 2.37. The smallest absolute Gasteiger partial charge is 0.231 e. The summed E-state index contributed by atoms with van der Waals surface area (Å²) in [5.41, 5.74) is 8.61. The van der Waals surface area contributed by atoms with Crippen LogP contribution in [-0.4, -0.2) is 5.91 Å². The first kappa shape index (κ1) is 12.8. The second kappa shape index (κ2) is 5.06. The van der Waals surface area contributed by atoms with Crippen molar-refractivity contribution in [3.8, 4) is 0 Å².